The summed E-state index contributed by atoms with van der Waals surface area (Å²) in [5.74, 6) is 1.85. The van der Waals surface area contributed by atoms with Crippen LogP contribution in [0.2, 0.25) is 0 Å². The van der Waals surface area contributed by atoms with Crippen molar-refractivity contribution in [2.75, 3.05) is 0 Å². The zero-order valence-corrected chi connectivity index (χ0v) is 8.34. The molecule has 0 saturated heterocycles. The van der Waals surface area contributed by atoms with Gasteiger partial charge in [0.1, 0.15) is 0 Å². The first-order valence-electron chi connectivity index (χ1n) is 5.38. The molecule has 2 saturated carbocycles. The van der Waals surface area contributed by atoms with E-state index < -0.39 is 0 Å². The van der Waals surface area contributed by atoms with E-state index in [1.807, 2.05) is 0 Å². The smallest absolute Gasteiger partial charge is 0.0128 e. The fraction of sp³-hybridized carbons (Fsp3) is 1.00. The minimum Gasteiger partial charge on any atom is -0.327 e. The Morgan fingerprint density at radius 1 is 1.25 bits per heavy atom. The molecule has 1 nitrogen and oxygen atoms in total. The second kappa shape index (κ2) is 2.73. The minimum absolute atomic E-state index is 0.461. The summed E-state index contributed by atoms with van der Waals surface area (Å²) < 4.78 is 0. The van der Waals surface area contributed by atoms with Gasteiger partial charge in [-0.2, -0.15) is 0 Å². The molecule has 2 rings (SSSR count). The second-order valence-corrected chi connectivity index (χ2v) is 5.34. The van der Waals surface area contributed by atoms with Gasteiger partial charge in [0.05, 0.1) is 0 Å². The molecule has 2 aliphatic rings. The largest absolute Gasteiger partial charge is 0.327 e. The SMILES string of the molecule is CC1(C)C(N)C1CC1CCCC1. The highest BCUT2D eigenvalue weighted by Gasteiger charge is 2.55. The summed E-state index contributed by atoms with van der Waals surface area (Å²) in [5, 5.41) is 0. The van der Waals surface area contributed by atoms with Crippen LogP contribution in [0.15, 0.2) is 0 Å². The zero-order valence-electron chi connectivity index (χ0n) is 8.34. The summed E-state index contributed by atoms with van der Waals surface area (Å²) in [7, 11) is 0. The second-order valence-electron chi connectivity index (χ2n) is 5.34. The molecule has 0 aromatic heterocycles. The van der Waals surface area contributed by atoms with Gasteiger partial charge in [-0.05, 0) is 23.7 Å². The van der Waals surface area contributed by atoms with Crippen LogP contribution in [0.4, 0.5) is 0 Å². The molecule has 2 aliphatic carbocycles. The van der Waals surface area contributed by atoms with Crippen LogP contribution in [0, 0.1) is 17.3 Å². The first kappa shape index (κ1) is 8.55. The Balaban J connectivity index is 1.81. The van der Waals surface area contributed by atoms with Crippen molar-refractivity contribution in [1.29, 1.82) is 0 Å². The Labute approximate surface area is 75.7 Å². The maximum absolute atomic E-state index is 6.02. The monoisotopic (exact) mass is 167 g/mol. The third-order valence-electron chi connectivity index (χ3n) is 4.20. The predicted molar refractivity (Wildman–Crippen MR) is 51.8 cm³/mol. The summed E-state index contributed by atoms with van der Waals surface area (Å²) in [4.78, 5) is 0. The lowest BCUT2D eigenvalue weighted by Gasteiger charge is -2.08. The topological polar surface area (TPSA) is 26.0 Å². The molecular weight excluding hydrogens is 146 g/mol. The molecule has 0 aromatic carbocycles. The van der Waals surface area contributed by atoms with Gasteiger partial charge in [-0.25, -0.2) is 0 Å². The third-order valence-corrected chi connectivity index (χ3v) is 4.20. The van der Waals surface area contributed by atoms with Crippen molar-refractivity contribution in [2.24, 2.45) is 23.0 Å². The molecule has 0 amide bonds. The molecular formula is C11H21N. The standard InChI is InChI=1S/C11H21N/c1-11(2)9(10(11)12)7-8-5-3-4-6-8/h8-10H,3-7,12H2,1-2H3. The van der Waals surface area contributed by atoms with E-state index in [4.69, 9.17) is 5.73 Å². The quantitative estimate of drug-likeness (QED) is 0.672. The Hall–Kier alpha value is -0.0400. The van der Waals surface area contributed by atoms with Gasteiger partial charge < -0.3 is 5.73 Å². The summed E-state index contributed by atoms with van der Waals surface area (Å²) in [6.45, 7) is 4.63. The van der Waals surface area contributed by atoms with Crippen LogP contribution in [0.1, 0.15) is 46.0 Å². The molecule has 0 radical (unpaired) electrons. The lowest BCUT2D eigenvalue weighted by Crippen LogP contribution is -2.07. The fourth-order valence-corrected chi connectivity index (χ4v) is 2.84. The maximum atomic E-state index is 6.02. The number of rotatable bonds is 2. The fourth-order valence-electron chi connectivity index (χ4n) is 2.84. The molecule has 0 aromatic rings. The van der Waals surface area contributed by atoms with E-state index in [1.165, 1.54) is 32.1 Å². The molecule has 1 heteroatoms. The van der Waals surface area contributed by atoms with Crippen LogP contribution in [0.3, 0.4) is 0 Å². The van der Waals surface area contributed by atoms with Crippen LogP contribution in [-0.2, 0) is 0 Å². The lowest BCUT2D eigenvalue weighted by molar-refractivity contribution is 0.421. The average Bonchev–Trinajstić information content (AvgIpc) is 2.48. The molecule has 2 atom stereocenters. The number of nitrogens with two attached hydrogens (primary N) is 1. The van der Waals surface area contributed by atoms with E-state index in [0.29, 0.717) is 11.5 Å². The molecule has 0 aliphatic heterocycles. The molecule has 0 heterocycles. The lowest BCUT2D eigenvalue weighted by atomic mass is 9.97. The van der Waals surface area contributed by atoms with Gasteiger partial charge >= 0.3 is 0 Å². The highest BCUT2D eigenvalue weighted by atomic mass is 14.8. The van der Waals surface area contributed by atoms with Crippen LogP contribution in [-0.4, -0.2) is 6.04 Å². The highest BCUT2D eigenvalue weighted by Crippen LogP contribution is 2.54. The van der Waals surface area contributed by atoms with Crippen LogP contribution in [0.5, 0.6) is 0 Å². The van der Waals surface area contributed by atoms with E-state index in [9.17, 15) is 0 Å². The Morgan fingerprint density at radius 3 is 2.17 bits per heavy atom. The Kier molecular flexibility index (Phi) is 1.95. The number of hydrogen-bond acceptors (Lipinski definition) is 1. The Bertz CT molecular complexity index is 168. The van der Waals surface area contributed by atoms with E-state index in [1.54, 1.807) is 0 Å². The predicted octanol–water partition coefficient (Wildman–Crippen LogP) is 2.55. The van der Waals surface area contributed by atoms with Crippen molar-refractivity contribution in [3.05, 3.63) is 0 Å². The van der Waals surface area contributed by atoms with Gasteiger partial charge in [0.15, 0.2) is 0 Å². The zero-order chi connectivity index (χ0) is 8.77. The van der Waals surface area contributed by atoms with Crippen molar-refractivity contribution < 1.29 is 0 Å². The van der Waals surface area contributed by atoms with E-state index in [2.05, 4.69) is 13.8 Å². The van der Waals surface area contributed by atoms with Gasteiger partial charge in [-0.15, -0.1) is 0 Å². The first-order valence-corrected chi connectivity index (χ1v) is 5.38. The maximum Gasteiger partial charge on any atom is 0.0128 e. The van der Waals surface area contributed by atoms with E-state index in [-0.39, 0.29) is 0 Å². The van der Waals surface area contributed by atoms with Crippen molar-refractivity contribution in [1.82, 2.24) is 0 Å². The summed E-state index contributed by atoms with van der Waals surface area (Å²) in [6, 6.07) is 0.498. The Morgan fingerprint density at radius 2 is 1.75 bits per heavy atom. The van der Waals surface area contributed by atoms with Gasteiger partial charge in [0, 0.05) is 6.04 Å². The normalized spacial score (nSPS) is 40.2. The van der Waals surface area contributed by atoms with Crippen molar-refractivity contribution in [3.63, 3.8) is 0 Å². The third kappa shape index (κ3) is 1.28. The van der Waals surface area contributed by atoms with E-state index in [0.717, 1.165) is 11.8 Å². The van der Waals surface area contributed by atoms with Crippen LogP contribution < -0.4 is 5.73 Å². The average molecular weight is 167 g/mol. The summed E-state index contributed by atoms with van der Waals surface area (Å²) in [5.41, 5.74) is 6.48. The van der Waals surface area contributed by atoms with Crippen molar-refractivity contribution in [2.45, 2.75) is 52.0 Å². The molecule has 70 valence electrons. The van der Waals surface area contributed by atoms with Crippen molar-refractivity contribution in [3.8, 4) is 0 Å². The molecule has 0 spiro atoms. The first-order chi connectivity index (χ1) is 5.62. The van der Waals surface area contributed by atoms with Gasteiger partial charge in [-0.1, -0.05) is 39.5 Å². The number of hydrogen-bond donors (Lipinski definition) is 1. The summed E-state index contributed by atoms with van der Waals surface area (Å²) >= 11 is 0. The van der Waals surface area contributed by atoms with Gasteiger partial charge in [-0.3, -0.25) is 0 Å². The van der Waals surface area contributed by atoms with Crippen LogP contribution in [0.25, 0.3) is 0 Å². The molecule has 2 fully saturated rings. The minimum atomic E-state index is 0.461. The molecule has 2 unspecified atom stereocenters. The van der Waals surface area contributed by atoms with Crippen molar-refractivity contribution >= 4 is 0 Å². The van der Waals surface area contributed by atoms with Gasteiger partial charge in [0.25, 0.3) is 0 Å². The molecule has 12 heavy (non-hydrogen) atoms. The molecule has 2 N–H and O–H groups in total. The molecule has 0 bridgehead atoms. The van der Waals surface area contributed by atoms with Gasteiger partial charge in [0.2, 0.25) is 0 Å². The van der Waals surface area contributed by atoms with Crippen LogP contribution >= 0.6 is 0 Å². The van der Waals surface area contributed by atoms with E-state index >= 15 is 0 Å². The summed E-state index contributed by atoms with van der Waals surface area (Å²) in [6.07, 6.45) is 7.28. The highest BCUT2D eigenvalue weighted by molar-refractivity contribution is 5.09.